The molecule has 0 N–H and O–H groups in total. The van der Waals surface area contributed by atoms with Crippen LogP contribution >= 0.6 is 31.9 Å². The van der Waals surface area contributed by atoms with E-state index in [0.717, 1.165) is 42.1 Å². The van der Waals surface area contributed by atoms with E-state index in [1.807, 2.05) is 24.3 Å². The molecule has 4 aromatic heterocycles. The standard InChI is InChI=1S/C24H14Br2N6/c25-17-3-5-19-15(11-17)13-21(31(19)23-27-7-1-8-28-23)22-14-16-12-18(26)4-6-20(16)32(22)24-29-9-2-10-30-24/h1-14H. The molecule has 6 rings (SSSR count). The second-order valence-electron chi connectivity index (χ2n) is 7.23. The van der Waals surface area contributed by atoms with Crippen molar-refractivity contribution in [1.29, 1.82) is 0 Å². The van der Waals surface area contributed by atoms with E-state index >= 15 is 0 Å². The Hall–Kier alpha value is -3.36. The molecular weight excluding hydrogens is 532 g/mol. The first-order chi connectivity index (χ1) is 15.7. The lowest BCUT2D eigenvalue weighted by atomic mass is 10.2. The van der Waals surface area contributed by atoms with E-state index < -0.39 is 0 Å². The summed E-state index contributed by atoms with van der Waals surface area (Å²) in [6.45, 7) is 0. The van der Waals surface area contributed by atoms with Gasteiger partial charge in [0.25, 0.3) is 0 Å². The van der Waals surface area contributed by atoms with E-state index in [2.05, 4.69) is 97.3 Å². The first kappa shape index (κ1) is 19.3. The van der Waals surface area contributed by atoms with E-state index in [-0.39, 0.29) is 0 Å². The molecule has 8 heteroatoms. The van der Waals surface area contributed by atoms with Gasteiger partial charge < -0.3 is 0 Å². The normalized spacial score (nSPS) is 11.4. The lowest BCUT2D eigenvalue weighted by Gasteiger charge is -2.12. The third-order valence-electron chi connectivity index (χ3n) is 5.29. The number of hydrogen-bond donors (Lipinski definition) is 0. The van der Waals surface area contributed by atoms with Crippen molar-refractivity contribution >= 4 is 53.7 Å². The van der Waals surface area contributed by atoms with Crippen LogP contribution in [0.25, 0.3) is 45.1 Å². The molecule has 0 atom stereocenters. The topological polar surface area (TPSA) is 61.4 Å². The van der Waals surface area contributed by atoms with Crippen LogP contribution in [-0.2, 0) is 0 Å². The van der Waals surface area contributed by atoms with Gasteiger partial charge in [-0.05, 0) is 60.7 Å². The summed E-state index contributed by atoms with van der Waals surface area (Å²) in [5.74, 6) is 1.21. The number of fused-ring (bicyclic) bond motifs is 2. The van der Waals surface area contributed by atoms with Crippen molar-refractivity contribution < 1.29 is 0 Å². The molecule has 154 valence electrons. The maximum atomic E-state index is 4.54. The van der Waals surface area contributed by atoms with Gasteiger partial charge in [0.05, 0.1) is 22.4 Å². The van der Waals surface area contributed by atoms with Crippen molar-refractivity contribution in [2.45, 2.75) is 0 Å². The molecule has 0 saturated carbocycles. The van der Waals surface area contributed by atoms with Gasteiger partial charge in [-0.2, -0.15) is 0 Å². The summed E-state index contributed by atoms with van der Waals surface area (Å²) in [7, 11) is 0. The highest BCUT2D eigenvalue weighted by Crippen LogP contribution is 2.36. The van der Waals surface area contributed by atoms with Crippen LogP contribution in [0, 0.1) is 0 Å². The van der Waals surface area contributed by atoms with Gasteiger partial charge in [0.15, 0.2) is 0 Å². The maximum absolute atomic E-state index is 4.54. The average molecular weight is 546 g/mol. The number of benzene rings is 2. The Kier molecular flexibility index (Phi) is 4.62. The van der Waals surface area contributed by atoms with E-state index in [1.165, 1.54) is 0 Å². The lowest BCUT2D eigenvalue weighted by molar-refractivity contribution is 0.932. The van der Waals surface area contributed by atoms with Crippen LogP contribution in [-0.4, -0.2) is 29.1 Å². The van der Waals surface area contributed by atoms with Crippen molar-refractivity contribution in [2.24, 2.45) is 0 Å². The molecule has 0 saturated heterocycles. The molecule has 0 aliphatic rings. The quantitative estimate of drug-likeness (QED) is 0.260. The number of hydrogen-bond acceptors (Lipinski definition) is 4. The van der Waals surface area contributed by atoms with Gasteiger partial charge in [-0.15, -0.1) is 0 Å². The Bertz CT molecular complexity index is 1470. The Morgan fingerprint density at radius 3 is 1.34 bits per heavy atom. The van der Waals surface area contributed by atoms with Gasteiger partial charge >= 0.3 is 0 Å². The highest BCUT2D eigenvalue weighted by atomic mass is 79.9. The fraction of sp³-hybridized carbons (Fsp3) is 0. The molecule has 2 aromatic carbocycles. The van der Waals surface area contributed by atoms with E-state index in [4.69, 9.17) is 0 Å². The minimum Gasteiger partial charge on any atom is -0.276 e. The van der Waals surface area contributed by atoms with Gasteiger partial charge in [-0.3, -0.25) is 9.13 Å². The van der Waals surface area contributed by atoms with Gasteiger partial charge in [0.2, 0.25) is 11.9 Å². The molecule has 6 aromatic rings. The summed E-state index contributed by atoms with van der Waals surface area (Å²) in [5, 5.41) is 2.16. The molecule has 0 aliphatic carbocycles. The zero-order valence-corrected chi connectivity index (χ0v) is 19.7. The predicted octanol–water partition coefficient (Wildman–Crippen LogP) is 6.35. The van der Waals surface area contributed by atoms with Crippen LogP contribution in [0.15, 0.2) is 94.4 Å². The Labute approximate surface area is 199 Å². The van der Waals surface area contributed by atoms with Crippen LogP contribution in [0.4, 0.5) is 0 Å². The molecule has 0 amide bonds. The largest absolute Gasteiger partial charge is 0.276 e. The molecule has 0 bridgehead atoms. The van der Waals surface area contributed by atoms with Crippen molar-refractivity contribution in [3.05, 3.63) is 94.4 Å². The zero-order chi connectivity index (χ0) is 21.7. The summed E-state index contributed by atoms with van der Waals surface area (Å²) in [6.07, 6.45) is 7.01. The molecule has 0 radical (unpaired) electrons. The number of nitrogens with zero attached hydrogens (tertiary/aromatic N) is 6. The van der Waals surface area contributed by atoms with Gasteiger partial charge in [0.1, 0.15) is 0 Å². The van der Waals surface area contributed by atoms with Crippen LogP contribution in [0.1, 0.15) is 0 Å². The molecule has 32 heavy (non-hydrogen) atoms. The summed E-state index contributed by atoms with van der Waals surface area (Å²) >= 11 is 7.19. The van der Waals surface area contributed by atoms with Crippen LogP contribution in [0.2, 0.25) is 0 Å². The Morgan fingerprint density at radius 1 is 0.531 bits per heavy atom. The third-order valence-corrected chi connectivity index (χ3v) is 6.28. The molecular formula is C24H14Br2N6. The van der Waals surface area contributed by atoms with Crippen LogP contribution < -0.4 is 0 Å². The highest BCUT2D eigenvalue weighted by Gasteiger charge is 2.21. The first-order valence-corrected chi connectivity index (χ1v) is 11.4. The van der Waals surface area contributed by atoms with Crippen LogP contribution in [0.5, 0.6) is 0 Å². The third kappa shape index (κ3) is 3.14. The minimum atomic E-state index is 0.604. The second-order valence-corrected chi connectivity index (χ2v) is 9.07. The zero-order valence-electron chi connectivity index (χ0n) is 16.5. The predicted molar refractivity (Wildman–Crippen MR) is 132 cm³/mol. The maximum Gasteiger partial charge on any atom is 0.234 e. The smallest absolute Gasteiger partial charge is 0.234 e. The van der Waals surface area contributed by atoms with Crippen molar-refractivity contribution in [3.63, 3.8) is 0 Å². The van der Waals surface area contributed by atoms with Crippen molar-refractivity contribution in [2.75, 3.05) is 0 Å². The van der Waals surface area contributed by atoms with Crippen molar-refractivity contribution in [1.82, 2.24) is 29.1 Å². The first-order valence-electron chi connectivity index (χ1n) is 9.86. The van der Waals surface area contributed by atoms with Gasteiger partial charge in [-0.1, -0.05) is 31.9 Å². The van der Waals surface area contributed by atoms with E-state index in [0.29, 0.717) is 11.9 Å². The van der Waals surface area contributed by atoms with Gasteiger partial charge in [-0.25, -0.2) is 19.9 Å². The van der Waals surface area contributed by atoms with Gasteiger partial charge in [0, 0.05) is 44.5 Å². The molecule has 4 heterocycles. The van der Waals surface area contributed by atoms with E-state index in [1.54, 1.807) is 24.8 Å². The number of rotatable bonds is 3. The summed E-state index contributed by atoms with van der Waals surface area (Å²) in [5.41, 5.74) is 3.93. The molecule has 0 aliphatic heterocycles. The number of halogens is 2. The second kappa shape index (κ2) is 7.65. The Morgan fingerprint density at radius 2 is 0.938 bits per heavy atom. The van der Waals surface area contributed by atoms with E-state index in [9.17, 15) is 0 Å². The Balaban J connectivity index is 1.75. The molecule has 0 spiro atoms. The summed E-state index contributed by atoms with van der Waals surface area (Å²) < 4.78 is 6.17. The fourth-order valence-electron chi connectivity index (χ4n) is 3.99. The van der Waals surface area contributed by atoms with Crippen LogP contribution in [0.3, 0.4) is 0 Å². The SMILES string of the molecule is Brc1ccc2c(c1)cc(-c1cc3cc(Br)ccc3n1-c1ncccn1)n2-c1ncccn1. The summed E-state index contributed by atoms with van der Waals surface area (Å²) in [6, 6.07) is 20.3. The lowest BCUT2D eigenvalue weighted by Crippen LogP contribution is -2.06. The van der Waals surface area contributed by atoms with Crippen molar-refractivity contribution in [3.8, 4) is 23.3 Å². The fourth-order valence-corrected chi connectivity index (χ4v) is 4.75. The number of aromatic nitrogens is 6. The average Bonchev–Trinajstić information content (AvgIpc) is 3.37. The minimum absolute atomic E-state index is 0.604. The molecule has 0 unspecified atom stereocenters. The summed E-state index contributed by atoms with van der Waals surface area (Å²) in [4.78, 5) is 18.2. The molecule has 0 fully saturated rings. The highest BCUT2D eigenvalue weighted by molar-refractivity contribution is 9.10. The monoisotopic (exact) mass is 544 g/mol. The molecule has 6 nitrogen and oxygen atoms in total.